The molecule has 0 aliphatic heterocycles. The molecule has 14 heavy (non-hydrogen) atoms. The molecule has 0 bridgehead atoms. The van der Waals surface area contributed by atoms with Gasteiger partial charge < -0.3 is 0 Å². The molecule has 0 saturated heterocycles. The molecule has 6 nitrogen and oxygen atoms in total. The van der Waals surface area contributed by atoms with Gasteiger partial charge in [-0.2, -0.15) is 15.3 Å². The Bertz CT molecular complexity index is 412. The normalized spacial score (nSPS) is 17.1. The third-order valence-corrected chi connectivity index (χ3v) is 2.34. The van der Waals surface area contributed by atoms with Gasteiger partial charge in [0.25, 0.3) is 0 Å². The molecule has 72 valence electrons. The Morgan fingerprint density at radius 1 is 1.79 bits per heavy atom. The first-order chi connectivity index (χ1) is 6.68. The monoisotopic (exact) mass is 191 g/mol. The van der Waals surface area contributed by atoms with Crippen molar-refractivity contribution in [2.45, 2.75) is 12.8 Å². The average molecular weight is 191 g/mol. The number of aryl methyl sites for hydroxylation is 1. The predicted octanol–water partition coefficient (Wildman–Crippen LogP) is 0.0574. The van der Waals surface area contributed by atoms with Crippen LogP contribution in [0.2, 0.25) is 0 Å². The number of nitrogens with zero attached hydrogens (tertiary/aromatic N) is 4. The van der Waals surface area contributed by atoms with Crippen LogP contribution in [0.4, 0.5) is 5.95 Å². The third kappa shape index (κ3) is 1.23. The highest BCUT2D eigenvalue weighted by Gasteiger charge is 2.51. The van der Waals surface area contributed by atoms with Crippen molar-refractivity contribution in [2.24, 2.45) is 12.5 Å². The molecule has 0 spiro atoms. The van der Waals surface area contributed by atoms with E-state index in [2.05, 4.69) is 15.4 Å². The Morgan fingerprint density at radius 3 is 2.93 bits per heavy atom. The maximum atomic E-state index is 11.6. The first-order valence-corrected chi connectivity index (χ1v) is 4.25. The van der Waals surface area contributed by atoms with Crippen molar-refractivity contribution in [1.29, 1.82) is 5.26 Å². The van der Waals surface area contributed by atoms with E-state index in [1.807, 2.05) is 6.07 Å². The molecule has 2 rings (SSSR count). The number of nitriles is 1. The molecule has 0 radical (unpaired) electrons. The summed E-state index contributed by atoms with van der Waals surface area (Å²) in [7, 11) is 1.68. The number of amides is 1. The van der Waals surface area contributed by atoms with Gasteiger partial charge in [-0.3, -0.25) is 10.1 Å². The molecule has 0 aromatic carbocycles. The molecule has 1 aliphatic carbocycles. The van der Waals surface area contributed by atoms with Crippen molar-refractivity contribution >= 4 is 11.9 Å². The van der Waals surface area contributed by atoms with Gasteiger partial charge >= 0.3 is 0 Å². The lowest BCUT2D eigenvalue weighted by molar-refractivity contribution is -0.119. The van der Waals surface area contributed by atoms with Gasteiger partial charge in [-0.15, -0.1) is 0 Å². The largest absolute Gasteiger partial charge is 0.293 e. The Labute approximate surface area is 80.5 Å². The highest BCUT2D eigenvalue weighted by Crippen LogP contribution is 2.45. The maximum Gasteiger partial charge on any atom is 0.247 e. The third-order valence-electron chi connectivity index (χ3n) is 2.34. The minimum absolute atomic E-state index is 0.281. The highest BCUT2D eigenvalue weighted by molar-refractivity contribution is 5.98. The van der Waals surface area contributed by atoms with Gasteiger partial charge in [-0.05, 0) is 12.8 Å². The molecule has 1 aromatic rings. The van der Waals surface area contributed by atoms with E-state index >= 15 is 0 Å². The number of nitrogens with one attached hydrogen (secondary N) is 1. The van der Waals surface area contributed by atoms with Crippen molar-refractivity contribution in [3.05, 3.63) is 6.33 Å². The van der Waals surface area contributed by atoms with Crippen molar-refractivity contribution < 1.29 is 4.79 Å². The molecule has 1 fully saturated rings. The number of carbonyl (C=O) groups excluding carboxylic acids is 1. The van der Waals surface area contributed by atoms with E-state index in [4.69, 9.17) is 5.26 Å². The zero-order valence-electron chi connectivity index (χ0n) is 7.69. The fourth-order valence-electron chi connectivity index (χ4n) is 1.15. The van der Waals surface area contributed by atoms with Gasteiger partial charge in [0.1, 0.15) is 11.7 Å². The molecule has 6 heteroatoms. The van der Waals surface area contributed by atoms with Crippen molar-refractivity contribution in [3.63, 3.8) is 0 Å². The molecule has 1 saturated carbocycles. The van der Waals surface area contributed by atoms with E-state index in [1.165, 1.54) is 11.0 Å². The van der Waals surface area contributed by atoms with Crippen LogP contribution < -0.4 is 5.32 Å². The molecule has 1 aliphatic rings. The summed E-state index contributed by atoms with van der Waals surface area (Å²) >= 11 is 0. The Hall–Kier alpha value is -1.90. The maximum absolute atomic E-state index is 11.6. The molecule has 1 aromatic heterocycles. The molecule has 0 atom stereocenters. The van der Waals surface area contributed by atoms with Crippen LogP contribution in [0.5, 0.6) is 0 Å². The first-order valence-electron chi connectivity index (χ1n) is 4.25. The molecule has 1 heterocycles. The average Bonchev–Trinajstić information content (AvgIpc) is 2.89. The quantitative estimate of drug-likeness (QED) is 0.716. The smallest absolute Gasteiger partial charge is 0.247 e. The van der Waals surface area contributed by atoms with E-state index in [-0.39, 0.29) is 5.91 Å². The Kier molecular flexibility index (Phi) is 1.74. The summed E-state index contributed by atoms with van der Waals surface area (Å²) in [4.78, 5) is 15.4. The minimum Gasteiger partial charge on any atom is -0.293 e. The summed E-state index contributed by atoms with van der Waals surface area (Å²) in [6.07, 6.45) is 2.61. The van der Waals surface area contributed by atoms with E-state index in [1.54, 1.807) is 7.05 Å². The van der Waals surface area contributed by atoms with Crippen LogP contribution in [-0.2, 0) is 11.8 Å². The number of anilines is 1. The van der Waals surface area contributed by atoms with Crippen molar-refractivity contribution in [2.75, 3.05) is 5.32 Å². The number of hydrogen-bond donors (Lipinski definition) is 1. The SMILES string of the molecule is Cn1ncnc1NC(=O)C1(C#N)CC1. The van der Waals surface area contributed by atoms with Crippen LogP contribution in [0.15, 0.2) is 6.33 Å². The summed E-state index contributed by atoms with van der Waals surface area (Å²) in [6.45, 7) is 0. The molecule has 0 unspecified atom stereocenters. The van der Waals surface area contributed by atoms with Crippen LogP contribution in [0.1, 0.15) is 12.8 Å². The summed E-state index contributed by atoms with van der Waals surface area (Å²) in [5.74, 6) is 0.0904. The highest BCUT2D eigenvalue weighted by atomic mass is 16.2. The van der Waals surface area contributed by atoms with Gasteiger partial charge in [-0.1, -0.05) is 0 Å². The standard InChI is InChI=1S/C8H9N5O/c1-13-7(10-5-11-13)12-6(14)8(4-9)2-3-8/h5H,2-3H2,1H3,(H,10,11,12,14). The summed E-state index contributed by atoms with van der Waals surface area (Å²) in [5.41, 5.74) is -0.814. The second kappa shape index (κ2) is 2.80. The lowest BCUT2D eigenvalue weighted by Crippen LogP contribution is -2.24. The minimum atomic E-state index is -0.814. The predicted molar refractivity (Wildman–Crippen MR) is 46.9 cm³/mol. The number of aromatic nitrogens is 3. The lowest BCUT2D eigenvalue weighted by Gasteiger charge is -2.05. The fourth-order valence-corrected chi connectivity index (χ4v) is 1.15. The zero-order chi connectivity index (χ0) is 10.2. The van der Waals surface area contributed by atoms with Crippen LogP contribution in [0.3, 0.4) is 0 Å². The van der Waals surface area contributed by atoms with E-state index in [0.29, 0.717) is 18.8 Å². The van der Waals surface area contributed by atoms with Crippen LogP contribution in [0, 0.1) is 16.7 Å². The van der Waals surface area contributed by atoms with Crippen molar-refractivity contribution in [1.82, 2.24) is 14.8 Å². The van der Waals surface area contributed by atoms with Crippen LogP contribution >= 0.6 is 0 Å². The van der Waals surface area contributed by atoms with E-state index in [0.717, 1.165) is 0 Å². The zero-order valence-corrected chi connectivity index (χ0v) is 7.69. The van der Waals surface area contributed by atoms with Crippen LogP contribution in [-0.4, -0.2) is 20.7 Å². The fraction of sp³-hybridized carbons (Fsp3) is 0.500. The van der Waals surface area contributed by atoms with Crippen LogP contribution in [0.25, 0.3) is 0 Å². The summed E-state index contributed by atoms with van der Waals surface area (Å²) in [5, 5.41) is 15.1. The second-order valence-electron chi connectivity index (χ2n) is 3.36. The van der Waals surface area contributed by atoms with Gasteiger partial charge in [0, 0.05) is 7.05 Å². The molecular formula is C8H9N5O. The number of hydrogen-bond acceptors (Lipinski definition) is 4. The number of carbonyl (C=O) groups is 1. The van der Waals surface area contributed by atoms with Gasteiger partial charge in [0.2, 0.25) is 11.9 Å². The topological polar surface area (TPSA) is 83.6 Å². The Morgan fingerprint density at radius 2 is 2.50 bits per heavy atom. The second-order valence-corrected chi connectivity index (χ2v) is 3.36. The van der Waals surface area contributed by atoms with E-state index < -0.39 is 5.41 Å². The molecule has 1 amide bonds. The Balaban J connectivity index is 2.10. The molecule has 1 N–H and O–H groups in total. The lowest BCUT2D eigenvalue weighted by atomic mass is 10.1. The first kappa shape index (κ1) is 8.69. The van der Waals surface area contributed by atoms with E-state index in [9.17, 15) is 4.79 Å². The molecular weight excluding hydrogens is 182 g/mol. The summed E-state index contributed by atoms with van der Waals surface area (Å²) in [6, 6.07) is 2.01. The van der Waals surface area contributed by atoms with Crippen molar-refractivity contribution in [3.8, 4) is 6.07 Å². The van der Waals surface area contributed by atoms with Gasteiger partial charge in [0.15, 0.2) is 0 Å². The van der Waals surface area contributed by atoms with Gasteiger partial charge in [-0.25, -0.2) is 4.68 Å². The number of rotatable bonds is 2. The van der Waals surface area contributed by atoms with Gasteiger partial charge in [0.05, 0.1) is 6.07 Å². The summed E-state index contributed by atoms with van der Waals surface area (Å²) < 4.78 is 1.45.